The van der Waals surface area contributed by atoms with E-state index in [-0.39, 0.29) is 29.2 Å². The second kappa shape index (κ2) is 13.9. The number of ether oxygens (including phenoxy) is 2. The normalized spacial score (nSPS) is 14.8. The van der Waals surface area contributed by atoms with Crippen LogP contribution in [0.4, 0.5) is 5.69 Å². The van der Waals surface area contributed by atoms with Gasteiger partial charge < -0.3 is 19.7 Å². The smallest absolute Gasteiger partial charge is 0.244 e. The highest BCUT2D eigenvalue weighted by atomic mass is 35.5. The van der Waals surface area contributed by atoms with Crippen molar-refractivity contribution < 1.29 is 27.5 Å². The number of hydrogen-bond donors (Lipinski definition) is 1. The molecule has 0 aromatic heterocycles. The molecule has 3 rings (SSSR count). The standard InChI is InChI=1S/C28H38ClN3O6S/c1-5-25(28(34)30-21-11-7-6-8-12-21)31(18-20-10-9-13-23(16-20)37-2)27(33)19-32(39(4,35)36)22-14-15-26(38-3)24(29)17-22/h9-10,13-17,21,25H,5-8,11-12,18-19H2,1-4H3,(H,30,34). The van der Waals surface area contributed by atoms with Gasteiger partial charge in [0.1, 0.15) is 24.1 Å². The number of hydrogen-bond acceptors (Lipinski definition) is 6. The molecule has 2 aromatic rings. The Hall–Kier alpha value is -2.98. The molecular formula is C28H38ClN3O6S. The minimum atomic E-state index is -3.88. The van der Waals surface area contributed by atoms with Gasteiger partial charge in [-0.3, -0.25) is 13.9 Å². The molecule has 0 heterocycles. The van der Waals surface area contributed by atoms with E-state index in [1.165, 1.54) is 24.1 Å². The average Bonchev–Trinajstić information content (AvgIpc) is 2.91. The van der Waals surface area contributed by atoms with Crippen molar-refractivity contribution in [3.8, 4) is 11.5 Å². The van der Waals surface area contributed by atoms with Crippen molar-refractivity contribution in [3.05, 3.63) is 53.1 Å². The van der Waals surface area contributed by atoms with E-state index in [1.54, 1.807) is 25.3 Å². The quantitative estimate of drug-likeness (QED) is 0.400. The number of carbonyl (C=O) groups excluding carboxylic acids is 2. The average molecular weight is 580 g/mol. The Morgan fingerprint density at radius 1 is 1.08 bits per heavy atom. The lowest BCUT2D eigenvalue weighted by Crippen LogP contribution is -2.53. The summed E-state index contributed by atoms with van der Waals surface area (Å²) < 4.78 is 37.1. The van der Waals surface area contributed by atoms with Crippen LogP contribution in [0.25, 0.3) is 0 Å². The lowest BCUT2D eigenvalue weighted by Gasteiger charge is -2.34. The lowest BCUT2D eigenvalue weighted by atomic mass is 9.95. The zero-order chi connectivity index (χ0) is 28.6. The summed E-state index contributed by atoms with van der Waals surface area (Å²) in [5.74, 6) is 0.246. The fourth-order valence-electron chi connectivity index (χ4n) is 4.86. The molecule has 1 aliphatic rings. The predicted molar refractivity (Wildman–Crippen MR) is 153 cm³/mol. The third-order valence-electron chi connectivity index (χ3n) is 6.93. The number of sulfonamides is 1. The van der Waals surface area contributed by atoms with Crippen LogP contribution in [0.5, 0.6) is 11.5 Å². The third-order valence-corrected chi connectivity index (χ3v) is 8.36. The van der Waals surface area contributed by atoms with Gasteiger partial charge in [-0.15, -0.1) is 0 Å². The minimum Gasteiger partial charge on any atom is -0.497 e. The molecule has 1 N–H and O–H groups in total. The molecule has 0 bridgehead atoms. The first-order valence-electron chi connectivity index (χ1n) is 13.1. The minimum absolute atomic E-state index is 0.0723. The summed E-state index contributed by atoms with van der Waals surface area (Å²) in [6.45, 7) is 1.45. The molecule has 1 unspecified atom stereocenters. The van der Waals surface area contributed by atoms with Crippen LogP contribution < -0.4 is 19.1 Å². The number of amides is 2. The molecule has 0 saturated heterocycles. The number of halogens is 1. The van der Waals surface area contributed by atoms with Gasteiger partial charge >= 0.3 is 0 Å². The van der Waals surface area contributed by atoms with Crippen LogP contribution in [0, 0.1) is 0 Å². The Labute approximate surface area is 236 Å². The SMILES string of the molecule is CCC(C(=O)NC1CCCCC1)N(Cc1cccc(OC)c1)C(=O)CN(c1ccc(OC)c(Cl)c1)S(C)(=O)=O. The first kappa shape index (κ1) is 30.6. The van der Waals surface area contributed by atoms with Crippen molar-refractivity contribution in [1.82, 2.24) is 10.2 Å². The number of nitrogens with one attached hydrogen (secondary N) is 1. The summed E-state index contributed by atoms with van der Waals surface area (Å²) in [5, 5.41) is 3.34. The molecule has 0 aliphatic heterocycles. The summed E-state index contributed by atoms with van der Waals surface area (Å²) in [7, 11) is -0.865. The van der Waals surface area contributed by atoms with Gasteiger partial charge in [0.15, 0.2) is 0 Å². The molecule has 214 valence electrons. The van der Waals surface area contributed by atoms with Gasteiger partial charge in [0.25, 0.3) is 0 Å². The van der Waals surface area contributed by atoms with Gasteiger partial charge in [-0.05, 0) is 55.2 Å². The van der Waals surface area contributed by atoms with Crippen LogP contribution in [-0.2, 0) is 26.2 Å². The zero-order valence-electron chi connectivity index (χ0n) is 23.0. The zero-order valence-corrected chi connectivity index (χ0v) is 24.6. The van der Waals surface area contributed by atoms with Crippen LogP contribution in [0.2, 0.25) is 5.02 Å². The van der Waals surface area contributed by atoms with E-state index in [4.69, 9.17) is 21.1 Å². The number of benzene rings is 2. The molecule has 2 aromatic carbocycles. The van der Waals surface area contributed by atoms with Gasteiger partial charge in [0.05, 0.1) is 31.2 Å². The van der Waals surface area contributed by atoms with Crippen molar-refractivity contribution in [3.63, 3.8) is 0 Å². The van der Waals surface area contributed by atoms with Crippen molar-refractivity contribution in [2.45, 2.75) is 64.1 Å². The Kier molecular flexibility index (Phi) is 10.9. The highest BCUT2D eigenvalue weighted by Gasteiger charge is 2.33. The van der Waals surface area contributed by atoms with E-state index < -0.39 is 28.5 Å². The highest BCUT2D eigenvalue weighted by Crippen LogP contribution is 2.30. The van der Waals surface area contributed by atoms with Crippen molar-refractivity contribution in [2.24, 2.45) is 0 Å². The van der Waals surface area contributed by atoms with E-state index >= 15 is 0 Å². The Morgan fingerprint density at radius 3 is 2.38 bits per heavy atom. The first-order chi connectivity index (χ1) is 18.6. The molecule has 2 amide bonds. The molecule has 39 heavy (non-hydrogen) atoms. The third kappa shape index (κ3) is 8.25. The molecular weight excluding hydrogens is 542 g/mol. The predicted octanol–water partition coefficient (Wildman–Crippen LogP) is 4.38. The molecule has 0 spiro atoms. The van der Waals surface area contributed by atoms with E-state index in [2.05, 4.69) is 5.32 Å². The van der Waals surface area contributed by atoms with E-state index in [0.717, 1.165) is 48.2 Å². The molecule has 1 aliphatic carbocycles. The molecule has 1 atom stereocenters. The Morgan fingerprint density at radius 2 is 1.79 bits per heavy atom. The van der Waals surface area contributed by atoms with Crippen LogP contribution in [0.3, 0.4) is 0 Å². The Bertz CT molecular complexity index is 1250. The van der Waals surface area contributed by atoms with E-state index in [9.17, 15) is 18.0 Å². The Balaban J connectivity index is 1.94. The number of rotatable bonds is 12. The van der Waals surface area contributed by atoms with Crippen LogP contribution >= 0.6 is 11.6 Å². The monoisotopic (exact) mass is 579 g/mol. The molecule has 9 nitrogen and oxygen atoms in total. The summed E-state index contributed by atoms with van der Waals surface area (Å²) >= 11 is 6.26. The summed E-state index contributed by atoms with van der Waals surface area (Å²) in [6, 6.07) is 11.0. The van der Waals surface area contributed by atoms with Crippen molar-refractivity contribution in [1.29, 1.82) is 0 Å². The van der Waals surface area contributed by atoms with Gasteiger partial charge in [0.2, 0.25) is 21.8 Å². The summed E-state index contributed by atoms with van der Waals surface area (Å²) in [6.07, 6.45) is 6.47. The number of anilines is 1. The summed E-state index contributed by atoms with van der Waals surface area (Å²) in [4.78, 5) is 28.8. The second-order valence-corrected chi connectivity index (χ2v) is 12.0. The maximum Gasteiger partial charge on any atom is 0.244 e. The maximum atomic E-state index is 13.9. The fourth-order valence-corrected chi connectivity index (χ4v) is 5.95. The van der Waals surface area contributed by atoms with Gasteiger partial charge in [-0.2, -0.15) is 0 Å². The topological polar surface area (TPSA) is 105 Å². The number of carbonyl (C=O) groups is 2. The van der Waals surface area contributed by atoms with Crippen molar-refractivity contribution in [2.75, 3.05) is 31.3 Å². The van der Waals surface area contributed by atoms with Crippen LogP contribution in [0.1, 0.15) is 51.0 Å². The largest absolute Gasteiger partial charge is 0.497 e. The molecule has 11 heteroatoms. The second-order valence-electron chi connectivity index (χ2n) is 9.73. The van der Waals surface area contributed by atoms with Gasteiger partial charge in [-0.1, -0.05) is 49.9 Å². The highest BCUT2D eigenvalue weighted by molar-refractivity contribution is 7.92. The first-order valence-corrected chi connectivity index (χ1v) is 15.3. The summed E-state index contributed by atoms with van der Waals surface area (Å²) in [5.41, 5.74) is 0.975. The number of methoxy groups -OCH3 is 2. The molecule has 1 fully saturated rings. The molecule has 1 saturated carbocycles. The lowest BCUT2D eigenvalue weighted by molar-refractivity contribution is -0.140. The van der Waals surface area contributed by atoms with Gasteiger partial charge in [0, 0.05) is 12.6 Å². The fraction of sp³-hybridized carbons (Fsp3) is 0.500. The molecule has 0 radical (unpaired) electrons. The van der Waals surface area contributed by atoms with E-state index in [1.807, 2.05) is 19.1 Å². The van der Waals surface area contributed by atoms with Crippen LogP contribution in [0.15, 0.2) is 42.5 Å². The van der Waals surface area contributed by atoms with Gasteiger partial charge in [-0.25, -0.2) is 8.42 Å². The van der Waals surface area contributed by atoms with Crippen molar-refractivity contribution >= 4 is 39.1 Å². The van der Waals surface area contributed by atoms with E-state index in [0.29, 0.717) is 17.9 Å². The maximum absolute atomic E-state index is 13.9. The van der Waals surface area contributed by atoms with Crippen LogP contribution in [-0.4, -0.2) is 64.2 Å². The number of nitrogens with zero attached hydrogens (tertiary/aromatic N) is 2.